The highest BCUT2D eigenvalue weighted by Crippen LogP contribution is 2.32. The summed E-state index contributed by atoms with van der Waals surface area (Å²) >= 11 is 1.18. The third kappa shape index (κ3) is 4.17. The van der Waals surface area contributed by atoms with Gasteiger partial charge < -0.3 is 0 Å². The number of sulfonamides is 1. The van der Waals surface area contributed by atoms with Crippen molar-refractivity contribution >= 4 is 38.1 Å². The van der Waals surface area contributed by atoms with Gasteiger partial charge in [-0.1, -0.05) is 24.3 Å². The molecule has 1 amide bonds. The Labute approximate surface area is 200 Å². The minimum absolute atomic E-state index is 0.204. The van der Waals surface area contributed by atoms with Crippen LogP contribution in [0.25, 0.3) is 11.4 Å². The summed E-state index contributed by atoms with van der Waals surface area (Å²) in [5, 5.41) is 4.59. The van der Waals surface area contributed by atoms with Crippen molar-refractivity contribution in [2.75, 3.05) is 16.2 Å². The molecule has 2 aromatic carbocycles. The molecule has 172 valence electrons. The molecule has 0 atom stereocenters. The van der Waals surface area contributed by atoms with Gasteiger partial charge in [-0.25, -0.2) is 17.8 Å². The normalized spacial score (nSPS) is 13.4. The zero-order valence-corrected chi connectivity index (χ0v) is 19.4. The molecule has 0 spiro atoms. The van der Waals surface area contributed by atoms with E-state index in [2.05, 4.69) is 15.3 Å². The van der Waals surface area contributed by atoms with Crippen LogP contribution in [0.15, 0.2) is 77.1 Å². The number of nitrogens with zero attached hydrogens (tertiary/aromatic N) is 3. The standard InChI is InChI=1S/C24H19FN4O3S2/c25-19-14-17(34(31,32)29-13-5-7-16-6-1-2-9-22(16)29)10-11-18(19)23(30)28-24-27-21(15-33-24)20-8-3-4-12-26-20/h1-4,6,8-12,14-15H,5,7,13H2,(H,27,28,30). The monoisotopic (exact) mass is 494 g/mol. The highest BCUT2D eigenvalue weighted by Gasteiger charge is 2.30. The Balaban J connectivity index is 1.37. The van der Waals surface area contributed by atoms with Gasteiger partial charge in [0.1, 0.15) is 11.5 Å². The lowest BCUT2D eigenvalue weighted by molar-refractivity contribution is 0.102. The van der Waals surface area contributed by atoms with Crippen molar-refractivity contribution in [1.82, 2.24) is 9.97 Å². The fourth-order valence-electron chi connectivity index (χ4n) is 3.84. The van der Waals surface area contributed by atoms with E-state index in [1.54, 1.807) is 35.8 Å². The molecule has 1 aliphatic heterocycles. The number of anilines is 2. The zero-order valence-electron chi connectivity index (χ0n) is 17.8. The van der Waals surface area contributed by atoms with Gasteiger partial charge in [-0.15, -0.1) is 11.3 Å². The van der Waals surface area contributed by atoms with Crippen LogP contribution in [0.2, 0.25) is 0 Å². The second-order valence-electron chi connectivity index (χ2n) is 7.66. The Hall–Kier alpha value is -3.63. The minimum atomic E-state index is -3.98. The van der Waals surface area contributed by atoms with E-state index in [1.807, 2.05) is 18.2 Å². The average Bonchev–Trinajstić information content (AvgIpc) is 3.32. The van der Waals surface area contributed by atoms with Gasteiger partial charge in [-0.05, 0) is 54.8 Å². The molecule has 0 radical (unpaired) electrons. The smallest absolute Gasteiger partial charge is 0.264 e. The van der Waals surface area contributed by atoms with Crippen molar-refractivity contribution in [1.29, 1.82) is 0 Å². The number of rotatable bonds is 5. The lowest BCUT2D eigenvalue weighted by Crippen LogP contribution is -2.35. The van der Waals surface area contributed by atoms with Gasteiger partial charge >= 0.3 is 0 Å². The number of pyridine rings is 1. The molecule has 2 aromatic heterocycles. The number of hydrogen-bond donors (Lipinski definition) is 1. The molecule has 0 unspecified atom stereocenters. The molecule has 0 fully saturated rings. The number of carbonyl (C=O) groups is 1. The van der Waals surface area contributed by atoms with E-state index in [-0.39, 0.29) is 15.6 Å². The number of carbonyl (C=O) groups excluding carboxylic acids is 1. The number of para-hydroxylation sites is 1. The van der Waals surface area contributed by atoms with E-state index < -0.39 is 21.7 Å². The molecule has 1 N–H and O–H groups in total. The molecule has 7 nitrogen and oxygen atoms in total. The van der Waals surface area contributed by atoms with E-state index in [1.165, 1.54) is 27.8 Å². The molecule has 0 bridgehead atoms. The second kappa shape index (κ2) is 8.96. The quantitative estimate of drug-likeness (QED) is 0.433. The maximum atomic E-state index is 14.9. The van der Waals surface area contributed by atoms with Crippen molar-refractivity contribution in [2.45, 2.75) is 17.7 Å². The van der Waals surface area contributed by atoms with Crippen LogP contribution in [-0.2, 0) is 16.4 Å². The Bertz CT molecular complexity index is 1470. The molecular weight excluding hydrogens is 475 g/mol. The van der Waals surface area contributed by atoms with Crippen LogP contribution in [0.1, 0.15) is 22.3 Å². The van der Waals surface area contributed by atoms with E-state index in [4.69, 9.17) is 0 Å². The van der Waals surface area contributed by atoms with Gasteiger partial charge in [-0.3, -0.25) is 19.4 Å². The Morgan fingerprint density at radius 1 is 1.06 bits per heavy atom. The van der Waals surface area contributed by atoms with E-state index in [0.29, 0.717) is 30.0 Å². The molecule has 34 heavy (non-hydrogen) atoms. The van der Waals surface area contributed by atoms with Gasteiger partial charge in [0.05, 0.1) is 21.8 Å². The summed E-state index contributed by atoms with van der Waals surface area (Å²) in [4.78, 5) is 21.0. The average molecular weight is 495 g/mol. The Morgan fingerprint density at radius 3 is 2.68 bits per heavy atom. The highest BCUT2D eigenvalue weighted by atomic mass is 32.2. The number of amides is 1. The first-order valence-electron chi connectivity index (χ1n) is 10.5. The molecule has 10 heteroatoms. The number of hydrogen-bond acceptors (Lipinski definition) is 6. The number of halogens is 1. The number of nitrogens with one attached hydrogen (secondary N) is 1. The molecule has 0 aliphatic carbocycles. The molecular formula is C24H19FN4O3S2. The Kier molecular flexibility index (Phi) is 5.84. The van der Waals surface area contributed by atoms with E-state index in [9.17, 15) is 17.6 Å². The molecule has 5 rings (SSSR count). The van der Waals surface area contributed by atoms with Crippen molar-refractivity contribution in [2.24, 2.45) is 0 Å². The summed E-state index contributed by atoms with van der Waals surface area (Å²) in [5.41, 5.74) is 2.50. The van der Waals surface area contributed by atoms with Gasteiger partial charge in [-0.2, -0.15) is 0 Å². The first-order chi connectivity index (χ1) is 16.4. The number of thiazole rings is 1. The molecule has 0 saturated heterocycles. The summed E-state index contributed by atoms with van der Waals surface area (Å²) < 4.78 is 42.7. The maximum Gasteiger partial charge on any atom is 0.264 e. The van der Waals surface area contributed by atoms with Crippen molar-refractivity contribution in [3.63, 3.8) is 0 Å². The zero-order chi connectivity index (χ0) is 23.7. The van der Waals surface area contributed by atoms with Crippen molar-refractivity contribution < 1.29 is 17.6 Å². The van der Waals surface area contributed by atoms with E-state index >= 15 is 0 Å². The summed E-state index contributed by atoms with van der Waals surface area (Å²) in [6, 6.07) is 16.0. The fraction of sp³-hybridized carbons (Fsp3) is 0.125. The third-order valence-electron chi connectivity index (χ3n) is 5.49. The maximum absolute atomic E-state index is 14.9. The van der Waals surface area contributed by atoms with Crippen LogP contribution in [0, 0.1) is 5.82 Å². The lowest BCUT2D eigenvalue weighted by Gasteiger charge is -2.30. The fourth-order valence-corrected chi connectivity index (χ4v) is 6.10. The predicted molar refractivity (Wildman–Crippen MR) is 129 cm³/mol. The number of benzene rings is 2. The van der Waals surface area contributed by atoms with Crippen molar-refractivity contribution in [3.05, 3.63) is 89.2 Å². The first kappa shape index (κ1) is 22.2. The van der Waals surface area contributed by atoms with Crippen LogP contribution in [0.5, 0.6) is 0 Å². The van der Waals surface area contributed by atoms with Crippen LogP contribution in [0.3, 0.4) is 0 Å². The third-order valence-corrected chi connectivity index (χ3v) is 8.06. The largest absolute Gasteiger partial charge is 0.298 e. The topological polar surface area (TPSA) is 92.3 Å². The highest BCUT2D eigenvalue weighted by molar-refractivity contribution is 7.92. The summed E-state index contributed by atoms with van der Waals surface area (Å²) in [7, 11) is -3.98. The lowest BCUT2D eigenvalue weighted by atomic mass is 10.0. The molecule has 3 heterocycles. The van der Waals surface area contributed by atoms with Crippen molar-refractivity contribution in [3.8, 4) is 11.4 Å². The van der Waals surface area contributed by atoms with Crippen LogP contribution < -0.4 is 9.62 Å². The number of aromatic nitrogens is 2. The van der Waals surface area contributed by atoms with Crippen LogP contribution >= 0.6 is 11.3 Å². The van der Waals surface area contributed by atoms with Crippen LogP contribution in [-0.4, -0.2) is 30.8 Å². The van der Waals surface area contributed by atoms with Gasteiger partial charge in [0, 0.05) is 18.1 Å². The van der Waals surface area contributed by atoms with Gasteiger partial charge in [0.15, 0.2) is 5.13 Å². The molecule has 0 saturated carbocycles. The van der Waals surface area contributed by atoms with Crippen LogP contribution in [0.4, 0.5) is 15.2 Å². The molecule has 4 aromatic rings. The number of fused-ring (bicyclic) bond motifs is 1. The summed E-state index contributed by atoms with van der Waals surface area (Å²) in [6.45, 7) is 0.311. The summed E-state index contributed by atoms with van der Waals surface area (Å²) in [5.74, 6) is -1.64. The molecule has 1 aliphatic rings. The second-order valence-corrected chi connectivity index (χ2v) is 10.4. The number of aryl methyl sites for hydroxylation is 1. The van der Waals surface area contributed by atoms with E-state index in [0.717, 1.165) is 18.1 Å². The SMILES string of the molecule is O=C(Nc1nc(-c2ccccn2)cs1)c1ccc(S(=O)(=O)N2CCCc3ccccc32)cc1F. The van der Waals surface area contributed by atoms with Gasteiger partial charge in [0.2, 0.25) is 0 Å². The van der Waals surface area contributed by atoms with Gasteiger partial charge in [0.25, 0.3) is 15.9 Å². The Morgan fingerprint density at radius 2 is 1.88 bits per heavy atom. The summed E-state index contributed by atoms with van der Waals surface area (Å²) in [6.07, 6.45) is 3.10. The predicted octanol–water partition coefficient (Wildman–Crippen LogP) is 4.74. The first-order valence-corrected chi connectivity index (χ1v) is 12.8. The minimum Gasteiger partial charge on any atom is -0.298 e.